The first-order valence-corrected chi connectivity index (χ1v) is 5.21. The third-order valence-corrected chi connectivity index (χ3v) is 2.29. The molecule has 0 bridgehead atoms. The van der Waals surface area contributed by atoms with Gasteiger partial charge >= 0.3 is 12.0 Å². The number of carbonyl (C=O) groups is 2. The van der Waals surface area contributed by atoms with Crippen molar-refractivity contribution in [1.29, 1.82) is 0 Å². The number of allylic oxidation sites excluding steroid dienone is 2. The molecule has 0 aromatic heterocycles. The van der Waals surface area contributed by atoms with Crippen LogP contribution in [0.1, 0.15) is 19.3 Å². The maximum Gasteiger partial charge on any atom is 0.338 e. The average molecular weight is 228 g/mol. The van der Waals surface area contributed by atoms with E-state index in [-0.39, 0.29) is 0 Å². The Morgan fingerprint density at radius 3 is 2.88 bits per heavy atom. The molecule has 1 rings (SSSR count). The number of hydrogen-bond acceptors (Lipinski definition) is 3. The number of nitrogens with one attached hydrogen (secondary N) is 2. The summed E-state index contributed by atoms with van der Waals surface area (Å²) in [5, 5.41) is 10.9. The number of amides is 2. The Bertz CT molecular complexity index is 278. The minimum absolute atomic E-state index is 0.454. The normalized spacial score (nSPS) is 19.1. The molecule has 90 valence electrons. The molecule has 0 aromatic rings. The third-order valence-electron chi connectivity index (χ3n) is 2.29. The molecule has 0 saturated heterocycles. The summed E-state index contributed by atoms with van der Waals surface area (Å²) in [6.07, 6.45) is 7.31. The highest BCUT2D eigenvalue weighted by atomic mass is 16.7. The molecule has 6 nitrogen and oxygen atoms in total. The Kier molecular flexibility index (Phi) is 5.35. The van der Waals surface area contributed by atoms with Crippen molar-refractivity contribution in [3.63, 3.8) is 0 Å². The van der Waals surface area contributed by atoms with Crippen molar-refractivity contribution >= 4 is 12.0 Å². The van der Waals surface area contributed by atoms with Crippen molar-refractivity contribution in [3.8, 4) is 0 Å². The first kappa shape index (κ1) is 12.5. The number of carboxylic acid groups (broad SMARTS) is 1. The van der Waals surface area contributed by atoms with Crippen LogP contribution in [0.5, 0.6) is 0 Å². The molecule has 1 aliphatic rings. The second kappa shape index (κ2) is 6.84. The van der Waals surface area contributed by atoms with E-state index in [9.17, 15) is 9.59 Å². The Labute approximate surface area is 93.6 Å². The highest BCUT2D eigenvalue weighted by Gasteiger charge is 2.11. The number of aliphatic carboxylic acids is 1. The van der Waals surface area contributed by atoms with Crippen molar-refractivity contribution in [3.05, 3.63) is 12.2 Å². The first-order valence-electron chi connectivity index (χ1n) is 5.21. The molecule has 0 heterocycles. The van der Waals surface area contributed by atoms with Crippen LogP contribution in [-0.2, 0) is 9.63 Å². The minimum Gasteiger partial charge on any atom is -0.479 e. The lowest BCUT2D eigenvalue weighted by atomic mass is 9.94. The van der Waals surface area contributed by atoms with E-state index in [4.69, 9.17) is 5.11 Å². The van der Waals surface area contributed by atoms with Crippen molar-refractivity contribution in [1.82, 2.24) is 10.8 Å². The van der Waals surface area contributed by atoms with Gasteiger partial charge in [-0.3, -0.25) is 4.84 Å². The lowest BCUT2D eigenvalue weighted by Gasteiger charge is -2.17. The molecule has 1 unspecified atom stereocenters. The molecule has 0 spiro atoms. The van der Waals surface area contributed by atoms with Gasteiger partial charge in [-0.05, 0) is 25.2 Å². The number of carboxylic acids is 1. The van der Waals surface area contributed by atoms with Crippen LogP contribution in [0.4, 0.5) is 4.79 Å². The van der Waals surface area contributed by atoms with Crippen LogP contribution in [0.2, 0.25) is 0 Å². The standard InChI is InChI=1S/C10H16N2O4/c13-9(14)7-16-12-10(15)11-6-8-4-2-1-3-5-8/h1-2,8H,3-7H2,(H,13,14)(H2,11,12,15). The molecule has 3 N–H and O–H groups in total. The van der Waals surface area contributed by atoms with E-state index in [0.717, 1.165) is 19.3 Å². The van der Waals surface area contributed by atoms with Crippen LogP contribution in [0.25, 0.3) is 0 Å². The van der Waals surface area contributed by atoms with Crippen molar-refractivity contribution in [2.24, 2.45) is 5.92 Å². The summed E-state index contributed by atoms with van der Waals surface area (Å²) in [4.78, 5) is 25.6. The molecule has 16 heavy (non-hydrogen) atoms. The Morgan fingerprint density at radius 1 is 1.44 bits per heavy atom. The smallest absolute Gasteiger partial charge is 0.338 e. The minimum atomic E-state index is -1.13. The van der Waals surface area contributed by atoms with Crippen molar-refractivity contribution < 1.29 is 19.5 Å². The van der Waals surface area contributed by atoms with E-state index in [1.807, 2.05) is 5.48 Å². The maximum atomic E-state index is 11.1. The van der Waals surface area contributed by atoms with E-state index in [1.165, 1.54) is 0 Å². The Balaban J connectivity index is 2.05. The number of urea groups is 1. The summed E-state index contributed by atoms with van der Waals surface area (Å²) in [5.41, 5.74) is 2.00. The molecule has 0 radical (unpaired) electrons. The molecule has 6 heteroatoms. The van der Waals surface area contributed by atoms with E-state index >= 15 is 0 Å². The maximum absolute atomic E-state index is 11.1. The molecule has 0 saturated carbocycles. The molecular weight excluding hydrogens is 212 g/mol. The lowest BCUT2D eigenvalue weighted by molar-refractivity contribution is -0.144. The van der Waals surface area contributed by atoms with Crippen LogP contribution < -0.4 is 10.8 Å². The highest BCUT2D eigenvalue weighted by Crippen LogP contribution is 2.16. The van der Waals surface area contributed by atoms with Gasteiger partial charge in [-0.15, -0.1) is 0 Å². The fourth-order valence-electron chi connectivity index (χ4n) is 1.48. The molecule has 0 fully saturated rings. The average Bonchev–Trinajstić information content (AvgIpc) is 2.27. The fraction of sp³-hybridized carbons (Fsp3) is 0.600. The van der Waals surface area contributed by atoms with Gasteiger partial charge in [-0.25, -0.2) is 15.1 Å². The predicted octanol–water partition coefficient (Wildman–Crippen LogP) is 0.658. The molecule has 1 aliphatic carbocycles. The number of hydroxylamine groups is 1. The Morgan fingerprint density at radius 2 is 2.25 bits per heavy atom. The topological polar surface area (TPSA) is 87.7 Å². The largest absolute Gasteiger partial charge is 0.479 e. The summed E-state index contributed by atoms with van der Waals surface area (Å²) >= 11 is 0. The first-order chi connectivity index (χ1) is 7.68. The van der Waals surface area contributed by atoms with Gasteiger partial charge in [0, 0.05) is 6.54 Å². The molecule has 0 aromatic carbocycles. The van der Waals surface area contributed by atoms with Gasteiger partial charge in [0.1, 0.15) is 0 Å². The zero-order valence-electron chi connectivity index (χ0n) is 8.94. The van der Waals surface area contributed by atoms with Gasteiger partial charge < -0.3 is 10.4 Å². The van der Waals surface area contributed by atoms with Crippen LogP contribution >= 0.6 is 0 Å². The van der Waals surface area contributed by atoms with Gasteiger partial charge in [-0.2, -0.15) is 0 Å². The second-order valence-electron chi connectivity index (χ2n) is 3.64. The predicted molar refractivity (Wildman–Crippen MR) is 56.6 cm³/mol. The number of carbonyl (C=O) groups excluding carboxylic acids is 1. The van der Waals surface area contributed by atoms with Gasteiger partial charge in [0.05, 0.1) is 0 Å². The summed E-state index contributed by atoms with van der Waals surface area (Å²) in [7, 11) is 0. The molecule has 0 aliphatic heterocycles. The van der Waals surface area contributed by atoms with E-state index in [2.05, 4.69) is 22.3 Å². The van der Waals surface area contributed by atoms with E-state index < -0.39 is 18.6 Å². The summed E-state index contributed by atoms with van der Waals surface area (Å²) < 4.78 is 0. The quantitative estimate of drug-likeness (QED) is 0.476. The van der Waals surface area contributed by atoms with Crippen LogP contribution in [0, 0.1) is 5.92 Å². The molecular formula is C10H16N2O4. The SMILES string of the molecule is O=C(O)CONC(=O)NCC1CC=CCC1. The fourth-order valence-corrected chi connectivity index (χ4v) is 1.48. The van der Waals surface area contributed by atoms with Crippen molar-refractivity contribution in [2.45, 2.75) is 19.3 Å². The monoisotopic (exact) mass is 228 g/mol. The second-order valence-corrected chi connectivity index (χ2v) is 3.64. The van der Waals surface area contributed by atoms with E-state index in [0.29, 0.717) is 12.5 Å². The highest BCUT2D eigenvalue weighted by molar-refractivity contribution is 5.73. The third kappa shape index (κ3) is 5.35. The van der Waals surface area contributed by atoms with Crippen LogP contribution in [0.3, 0.4) is 0 Å². The van der Waals surface area contributed by atoms with Crippen LogP contribution in [0.15, 0.2) is 12.2 Å². The Hall–Kier alpha value is -1.56. The van der Waals surface area contributed by atoms with Crippen molar-refractivity contribution in [2.75, 3.05) is 13.2 Å². The van der Waals surface area contributed by atoms with E-state index in [1.54, 1.807) is 0 Å². The molecule has 1 atom stereocenters. The van der Waals surface area contributed by atoms with Gasteiger partial charge in [0.15, 0.2) is 6.61 Å². The summed E-state index contributed by atoms with van der Waals surface area (Å²) in [6, 6.07) is -0.504. The zero-order chi connectivity index (χ0) is 11.8. The van der Waals surface area contributed by atoms with Gasteiger partial charge in [-0.1, -0.05) is 12.2 Å². The number of hydrogen-bond donors (Lipinski definition) is 3. The summed E-state index contributed by atoms with van der Waals surface area (Å²) in [6.45, 7) is 0.0339. The van der Waals surface area contributed by atoms with Gasteiger partial charge in [0.25, 0.3) is 0 Å². The number of rotatable bonds is 5. The zero-order valence-corrected chi connectivity index (χ0v) is 8.94. The molecule has 2 amide bonds. The van der Waals surface area contributed by atoms with Crippen LogP contribution in [-0.4, -0.2) is 30.3 Å². The summed E-state index contributed by atoms with van der Waals surface area (Å²) in [5.74, 6) is -0.673. The lowest BCUT2D eigenvalue weighted by Crippen LogP contribution is -2.39. The van der Waals surface area contributed by atoms with Gasteiger partial charge in [0.2, 0.25) is 0 Å².